The predicted octanol–water partition coefficient (Wildman–Crippen LogP) is 7.39. The third-order valence-corrected chi connectivity index (χ3v) is 8.92. The second-order valence-electron chi connectivity index (χ2n) is 12.2. The van der Waals surface area contributed by atoms with Crippen LogP contribution >= 0.6 is 0 Å². The number of amides is 1. The van der Waals surface area contributed by atoms with Crippen LogP contribution < -0.4 is 5.32 Å². The van der Waals surface area contributed by atoms with Crippen molar-refractivity contribution in [2.45, 2.75) is 77.5 Å². The van der Waals surface area contributed by atoms with E-state index in [0.29, 0.717) is 47.6 Å². The smallest absolute Gasteiger partial charge is 0.336 e. The summed E-state index contributed by atoms with van der Waals surface area (Å²) in [6.07, 6.45) is 1.41. The van der Waals surface area contributed by atoms with E-state index in [1.165, 1.54) is 5.56 Å². The first kappa shape index (κ1) is 30.3. The van der Waals surface area contributed by atoms with Gasteiger partial charge in [-0.15, -0.1) is 0 Å². The lowest BCUT2D eigenvalue weighted by Crippen LogP contribution is -2.40. The normalized spacial score (nSPS) is 15.8. The molecule has 1 aliphatic carbocycles. The number of aromatic nitrogens is 1. The molecule has 2 aromatic heterocycles. The fraction of sp³-hybridized carbons (Fsp3) is 0.324. The molecule has 0 spiro atoms. The topological polar surface area (TPSA) is 115 Å². The lowest BCUT2D eigenvalue weighted by Gasteiger charge is -2.34. The van der Waals surface area contributed by atoms with Gasteiger partial charge in [-0.3, -0.25) is 4.79 Å². The molecule has 1 saturated carbocycles. The Morgan fingerprint density at radius 3 is 2.40 bits per heavy atom. The Hall–Kier alpha value is -4.69. The standard InChI is InChI=1S/C37H38N2O6/c1-6-37(33-24(4)39-44-25(33)5,45-36(16-17-36)35(41)42)31-21-28-19-26(13-15-30(28)43-31)20-32(40)38-34(27-10-8-7-9-11-27)29-14-12-22(2)18-23(29)3/h7-15,18-19,21,34H,6,16-17,20H2,1-5H3,(H,38,40)(H,41,42). The van der Waals surface area contributed by atoms with Crippen molar-refractivity contribution in [3.63, 3.8) is 0 Å². The first-order valence-electron chi connectivity index (χ1n) is 15.4. The van der Waals surface area contributed by atoms with E-state index in [9.17, 15) is 14.7 Å². The SMILES string of the molecule is CCC(OC1(C(=O)O)CC1)(c1cc2cc(CC(=O)NC(c3ccccc3)c3ccc(C)cc3C)ccc2o1)c1c(C)noc1C. The molecule has 3 aromatic carbocycles. The second-order valence-corrected chi connectivity index (χ2v) is 12.2. The van der Waals surface area contributed by atoms with E-state index < -0.39 is 17.2 Å². The van der Waals surface area contributed by atoms with E-state index in [2.05, 4.69) is 42.5 Å². The van der Waals surface area contributed by atoms with Crippen molar-refractivity contribution in [3.8, 4) is 0 Å². The fourth-order valence-electron chi connectivity index (χ4n) is 6.45. The molecule has 1 fully saturated rings. The molecule has 2 heterocycles. The predicted molar refractivity (Wildman–Crippen MR) is 170 cm³/mol. The van der Waals surface area contributed by atoms with Gasteiger partial charge in [0.1, 0.15) is 17.1 Å². The van der Waals surface area contributed by atoms with E-state index in [1.54, 1.807) is 6.92 Å². The Labute approximate surface area is 262 Å². The number of hydrogen-bond acceptors (Lipinski definition) is 6. The summed E-state index contributed by atoms with van der Waals surface area (Å²) in [5.74, 6) is -0.0789. The molecule has 5 aromatic rings. The van der Waals surface area contributed by atoms with E-state index in [1.807, 2.05) is 68.4 Å². The van der Waals surface area contributed by atoms with Crippen molar-refractivity contribution < 1.29 is 28.4 Å². The zero-order chi connectivity index (χ0) is 31.9. The van der Waals surface area contributed by atoms with E-state index in [4.69, 9.17) is 13.7 Å². The molecular weight excluding hydrogens is 568 g/mol. The number of carboxylic acids is 1. The summed E-state index contributed by atoms with van der Waals surface area (Å²) >= 11 is 0. The average molecular weight is 607 g/mol. The number of aryl methyl sites for hydroxylation is 4. The molecule has 1 aliphatic rings. The number of ether oxygens (including phenoxy) is 1. The van der Waals surface area contributed by atoms with Crippen LogP contribution in [0.1, 0.15) is 82.8 Å². The Bertz CT molecular complexity index is 1860. The van der Waals surface area contributed by atoms with Crippen LogP contribution in [0.3, 0.4) is 0 Å². The van der Waals surface area contributed by atoms with Crippen LogP contribution in [-0.4, -0.2) is 27.7 Å². The highest BCUT2D eigenvalue weighted by molar-refractivity contribution is 5.84. The lowest BCUT2D eigenvalue weighted by atomic mass is 9.86. The number of rotatable bonds is 11. The van der Waals surface area contributed by atoms with Gasteiger partial charge in [0.2, 0.25) is 5.91 Å². The minimum absolute atomic E-state index is 0.106. The fourth-order valence-corrected chi connectivity index (χ4v) is 6.45. The molecular formula is C37H38N2O6. The molecule has 45 heavy (non-hydrogen) atoms. The number of carbonyl (C=O) groups excluding carboxylic acids is 1. The number of nitrogens with one attached hydrogen (secondary N) is 1. The average Bonchev–Trinajstić information content (AvgIpc) is 3.55. The van der Waals surface area contributed by atoms with Crippen molar-refractivity contribution in [3.05, 3.63) is 123 Å². The summed E-state index contributed by atoms with van der Waals surface area (Å²) in [4.78, 5) is 25.8. The summed E-state index contributed by atoms with van der Waals surface area (Å²) in [5, 5.41) is 18.2. The molecule has 2 N–H and O–H groups in total. The van der Waals surface area contributed by atoms with Crippen LogP contribution in [0.25, 0.3) is 11.0 Å². The largest absolute Gasteiger partial charge is 0.479 e. The number of fused-ring (bicyclic) bond motifs is 1. The van der Waals surface area contributed by atoms with Gasteiger partial charge in [0.15, 0.2) is 11.2 Å². The maximum absolute atomic E-state index is 13.5. The highest BCUT2D eigenvalue weighted by Gasteiger charge is 2.59. The third kappa shape index (κ3) is 5.66. The highest BCUT2D eigenvalue weighted by atomic mass is 16.6. The minimum Gasteiger partial charge on any atom is -0.479 e. The van der Waals surface area contributed by atoms with Gasteiger partial charge in [-0.25, -0.2) is 4.79 Å². The summed E-state index contributed by atoms with van der Waals surface area (Å²) in [6, 6.07) is 23.5. The van der Waals surface area contributed by atoms with Gasteiger partial charge in [-0.05, 0) is 87.4 Å². The highest BCUT2D eigenvalue weighted by Crippen LogP contribution is 2.51. The van der Waals surface area contributed by atoms with Crippen molar-refractivity contribution in [1.29, 1.82) is 0 Å². The van der Waals surface area contributed by atoms with Crippen LogP contribution in [0.4, 0.5) is 0 Å². The van der Waals surface area contributed by atoms with Crippen LogP contribution in [0.15, 0.2) is 81.7 Å². The zero-order valence-electron chi connectivity index (χ0n) is 26.3. The molecule has 1 amide bonds. The van der Waals surface area contributed by atoms with Crippen molar-refractivity contribution in [2.75, 3.05) is 0 Å². The van der Waals surface area contributed by atoms with Gasteiger partial charge in [0, 0.05) is 5.39 Å². The maximum Gasteiger partial charge on any atom is 0.336 e. The Morgan fingerprint density at radius 1 is 1.02 bits per heavy atom. The zero-order valence-corrected chi connectivity index (χ0v) is 26.3. The molecule has 0 aliphatic heterocycles. The Balaban J connectivity index is 1.31. The molecule has 2 atom stereocenters. The number of furan rings is 1. The van der Waals surface area contributed by atoms with Gasteiger partial charge < -0.3 is 24.1 Å². The van der Waals surface area contributed by atoms with Crippen molar-refractivity contribution in [2.24, 2.45) is 0 Å². The maximum atomic E-state index is 13.5. The molecule has 8 heteroatoms. The quantitative estimate of drug-likeness (QED) is 0.161. The number of nitrogens with zero attached hydrogens (tertiary/aromatic N) is 1. The number of carboxylic acid groups (broad SMARTS) is 1. The second kappa shape index (κ2) is 11.7. The van der Waals surface area contributed by atoms with Crippen LogP contribution in [-0.2, 0) is 26.3 Å². The molecule has 232 valence electrons. The number of hydrogen-bond donors (Lipinski definition) is 2. The first-order chi connectivity index (χ1) is 21.5. The Morgan fingerprint density at radius 2 is 1.78 bits per heavy atom. The molecule has 0 radical (unpaired) electrons. The van der Waals surface area contributed by atoms with Gasteiger partial charge >= 0.3 is 5.97 Å². The van der Waals surface area contributed by atoms with Crippen molar-refractivity contribution >= 4 is 22.8 Å². The molecule has 8 nitrogen and oxygen atoms in total. The van der Waals surface area contributed by atoms with E-state index in [0.717, 1.165) is 27.6 Å². The summed E-state index contributed by atoms with van der Waals surface area (Å²) in [7, 11) is 0. The van der Waals surface area contributed by atoms with Gasteiger partial charge in [-0.2, -0.15) is 0 Å². The molecule has 6 rings (SSSR count). The first-order valence-corrected chi connectivity index (χ1v) is 15.4. The Kier molecular flexibility index (Phi) is 7.87. The summed E-state index contributed by atoms with van der Waals surface area (Å²) < 4.78 is 18.4. The van der Waals surface area contributed by atoms with E-state index >= 15 is 0 Å². The lowest BCUT2D eigenvalue weighted by molar-refractivity contribution is -0.169. The van der Waals surface area contributed by atoms with Crippen molar-refractivity contribution in [1.82, 2.24) is 10.5 Å². The molecule has 2 unspecified atom stereocenters. The summed E-state index contributed by atoms with van der Waals surface area (Å²) in [5.41, 5.74) is 4.58. The monoisotopic (exact) mass is 606 g/mol. The van der Waals surface area contributed by atoms with E-state index in [-0.39, 0.29) is 18.4 Å². The number of carbonyl (C=O) groups is 2. The van der Waals surface area contributed by atoms with Gasteiger partial charge in [-0.1, -0.05) is 72.2 Å². The van der Waals surface area contributed by atoms with Gasteiger partial charge in [0.25, 0.3) is 0 Å². The van der Waals surface area contributed by atoms with Crippen LogP contribution in [0.2, 0.25) is 0 Å². The molecule has 0 bridgehead atoms. The molecule has 0 saturated heterocycles. The van der Waals surface area contributed by atoms with Gasteiger partial charge in [0.05, 0.1) is 23.7 Å². The van der Waals surface area contributed by atoms with Crippen LogP contribution in [0, 0.1) is 27.7 Å². The minimum atomic E-state index is -1.29. The van der Waals surface area contributed by atoms with Crippen LogP contribution in [0.5, 0.6) is 0 Å². The third-order valence-electron chi connectivity index (χ3n) is 8.92. The number of aliphatic carboxylic acids is 1. The summed E-state index contributed by atoms with van der Waals surface area (Å²) in [6.45, 7) is 9.68. The number of benzene rings is 3.